The van der Waals surface area contributed by atoms with Crippen LogP contribution in [0.3, 0.4) is 0 Å². The molecule has 3 aromatic heterocycles. The fraction of sp³-hybridized carbons (Fsp3) is 0.0833. The molecule has 0 spiro atoms. The van der Waals surface area contributed by atoms with Crippen molar-refractivity contribution in [1.82, 2.24) is 35.2 Å². The van der Waals surface area contributed by atoms with Gasteiger partial charge in [0.05, 0.1) is 18.0 Å². The van der Waals surface area contributed by atoms with Gasteiger partial charge in [0.25, 0.3) is 5.56 Å². The van der Waals surface area contributed by atoms with Gasteiger partial charge in [0, 0.05) is 6.07 Å². The quantitative estimate of drug-likeness (QED) is 0.549. The van der Waals surface area contributed by atoms with Crippen LogP contribution in [-0.4, -0.2) is 42.3 Å². The lowest BCUT2D eigenvalue weighted by atomic mass is 10.2. The molecule has 2 N–H and O–H groups in total. The molecule has 21 heavy (non-hydrogen) atoms. The number of rotatable bonds is 2. The maximum absolute atomic E-state index is 12.5. The summed E-state index contributed by atoms with van der Waals surface area (Å²) in [6.07, 6.45) is 0. The van der Waals surface area contributed by atoms with E-state index in [-0.39, 0.29) is 5.56 Å². The molecular weight excluding hydrogens is 274 g/mol. The van der Waals surface area contributed by atoms with Crippen LogP contribution >= 0.6 is 0 Å². The van der Waals surface area contributed by atoms with Crippen molar-refractivity contribution in [2.45, 2.75) is 0 Å². The first-order chi connectivity index (χ1) is 10.3. The van der Waals surface area contributed by atoms with Crippen molar-refractivity contribution < 1.29 is 4.74 Å². The van der Waals surface area contributed by atoms with Crippen LogP contribution in [-0.2, 0) is 0 Å². The first kappa shape index (κ1) is 11.6. The van der Waals surface area contributed by atoms with Crippen molar-refractivity contribution in [3.63, 3.8) is 0 Å². The molecule has 104 valence electrons. The molecule has 0 bridgehead atoms. The third-order valence-electron chi connectivity index (χ3n) is 3.19. The monoisotopic (exact) mass is 283 g/mol. The second kappa shape index (κ2) is 4.13. The second-order valence-electron chi connectivity index (χ2n) is 4.40. The number of hydrogen-bond donors (Lipinski definition) is 2. The van der Waals surface area contributed by atoms with Crippen molar-refractivity contribution in [2.75, 3.05) is 7.11 Å². The number of nitrogens with zero attached hydrogens (tertiary/aromatic N) is 5. The summed E-state index contributed by atoms with van der Waals surface area (Å²) in [6.45, 7) is 0. The maximum Gasteiger partial charge on any atom is 0.280 e. The van der Waals surface area contributed by atoms with E-state index in [0.717, 1.165) is 0 Å². The highest BCUT2D eigenvalue weighted by Crippen LogP contribution is 2.18. The van der Waals surface area contributed by atoms with Crippen LogP contribution in [0.1, 0.15) is 0 Å². The van der Waals surface area contributed by atoms with Gasteiger partial charge in [-0.05, 0) is 23.4 Å². The van der Waals surface area contributed by atoms with E-state index >= 15 is 0 Å². The Balaban J connectivity index is 2.05. The zero-order chi connectivity index (χ0) is 14.4. The zero-order valence-corrected chi connectivity index (χ0v) is 10.9. The molecule has 0 fully saturated rings. The van der Waals surface area contributed by atoms with Gasteiger partial charge in [0.2, 0.25) is 5.82 Å². The number of methoxy groups -OCH3 is 1. The molecule has 0 atom stereocenters. The fourth-order valence-corrected chi connectivity index (χ4v) is 2.19. The van der Waals surface area contributed by atoms with Crippen molar-refractivity contribution in [3.8, 4) is 17.3 Å². The first-order valence-electron chi connectivity index (χ1n) is 6.09. The molecule has 4 rings (SSSR count). The Bertz CT molecular complexity index is 1000. The lowest BCUT2D eigenvalue weighted by Gasteiger charge is -2.02. The Morgan fingerprint density at radius 3 is 2.95 bits per heavy atom. The van der Waals surface area contributed by atoms with E-state index in [1.54, 1.807) is 31.4 Å². The minimum absolute atomic E-state index is 0.219. The zero-order valence-electron chi connectivity index (χ0n) is 10.9. The molecule has 0 saturated heterocycles. The minimum atomic E-state index is -0.219. The van der Waals surface area contributed by atoms with E-state index in [1.165, 1.54) is 4.52 Å². The maximum atomic E-state index is 12.5. The molecule has 4 aromatic rings. The molecule has 1 aromatic carbocycles. The summed E-state index contributed by atoms with van der Waals surface area (Å²) >= 11 is 0. The average molecular weight is 283 g/mol. The van der Waals surface area contributed by atoms with Gasteiger partial charge in [-0.3, -0.25) is 9.89 Å². The van der Waals surface area contributed by atoms with Gasteiger partial charge < -0.3 is 4.74 Å². The van der Waals surface area contributed by atoms with Crippen LogP contribution in [0.15, 0.2) is 29.1 Å². The molecule has 0 aliphatic rings. The smallest absolute Gasteiger partial charge is 0.280 e. The van der Waals surface area contributed by atoms with Gasteiger partial charge in [-0.15, -0.1) is 10.2 Å². The summed E-state index contributed by atoms with van der Waals surface area (Å²) in [4.78, 5) is 16.9. The highest BCUT2D eigenvalue weighted by atomic mass is 16.5. The molecule has 0 saturated carbocycles. The van der Waals surface area contributed by atoms with Crippen molar-refractivity contribution in [2.24, 2.45) is 0 Å². The van der Waals surface area contributed by atoms with Crippen LogP contribution < -0.4 is 10.3 Å². The Morgan fingerprint density at radius 2 is 2.19 bits per heavy atom. The van der Waals surface area contributed by atoms with E-state index in [4.69, 9.17) is 4.74 Å². The Morgan fingerprint density at radius 1 is 1.29 bits per heavy atom. The molecule has 9 nitrogen and oxygen atoms in total. The summed E-state index contributed by atoms with van der Waals surface area (Å²) in [7, 11) is 1.55. The largest absolute Gasteiger partial charge is 0.497 e. The number of hydrogen-bond acceptors (Lipinski definition) is 6. The van der Waals surface area contributed by atoms with Crippen molar-refractivity contribution in [3.05, 3.63) is 34.6 Å². The number of ether oxygens (including phenoxy) is 1. The topological polar surface area (TPSA) is 114 Å². The highest BCUT2D eigenvalue weighted by molar-refractivity contribution is 5.81. The van der Waals surface area contributed by atoms with E-state index in [0.29, 0.717) is 33.8 Å². The number of aromatic amines is 2. The predicted octanol–water partition coefficient (Wildman–Crippen LogP) is 0.364. The number of benzene rings is 1. The lowest BCUT2D eigenvalue weighted by molar-refractivity contribution is 0.415. The third kappa shape index (κ3) is 1.67. The van der Waals surface area contributed by atoms with Gasteiger partial charge in [0.15, 0.2) is 5.65 Å². The summed E-state index contributed by atoms with van der Waals surface area (Å²) in [6, 6.07) is 6.86. The van der Waals surface area contributed by atoms with Crippen LogP contribution in [0.25, 0.3) is 28.1 Å². The van der Waals surface area contributed by atoms with Crippen LogP contribution in [0.4, 0.5) is 0 Å². The van der Waals surface area contributed by atoms with E-state index in [9.17, 15) is 4.79 Å². The van der Waals surface area contributed by atoms with Gasteiger partial charge in [-0.1, -0.05) is 0 Å². The lowest BCUT2D eigenvalue weighted by Crippen LogP contribution is -2.15. The van der Waals surface area contributed by atoms with E-state index < -0.39 is 0 Å². The van der Waals surface area contributed by atoms with Gasteiger partial charge >= 0.3 is 0 Å². The third-order valence-corrected chi connectivity index (χ3v) is 3.19. The number of fused-ring (bicyclic) bond motifs is 2. The average Bonchev–Trinajstić information content (AvgIpc) is 3.16. The highest BCUT2D eigenvalue weighted by Gasteiger charge is 2.12. The molecule has 0 aliphatic heterocycles. The minimum Gasteiger partial charge on any atom is -0.497 e. The predicted molar refractivity (Wildman–Crippen MR) is 73.0 cm³/mol. The van der Waals surface area contributed by atoms with Crippen molar-refractivity contribution in [1.29, 1.82) is 0 Å². The summed E-state index contributed by atoms with van der Waals surface area (Å²) in [5.74, 6) is 0.966. The summed E-state index contributed by atoms with van der Waals surface area (Å²) < 4.78 is 6.48. The number of nitrogens with one attached hydrogen (secondary N) is 2. The van der Waals surface area contributed by atoms with Crippen LogP contribution in [0.5, 0.6) is 5.75 Å². The Hall–Kier alpha value is -3.23. The number of aromatic nitrogens is 7. The molecule has 9 heteroatoms. The fourth-order valence-electron chi connectivity index (χ4n) is 2.19. The normalized spacial score (nSPS) is 11.3. The van der Waals surface area contributed by atoms with Crippen LogP contribution in [0.2, 0.25) is 0 Å². The molecule has 0 unspecified atom stereocenters. The van der Waals surface area contributed by atoms with Crippen molar-refractivity contribution >= 4 is 16.6 Å². The number of H-pyrrole nitrogens is 2. The van der Waals surface area contributed by atoms with E-state index in [2.05, 4.69) is 30.7 Å². The summed E-state index contributed by atoms with van der Waals surface area (Å²) in [5.41, 5.74) is 1.41. The second-order valence-corrected chi connectivity index (χ2v) is 4.40. The van der Waals surface area contributed by atoms with Crippen LogP contribution in [0, 0.1) is 0 Å². The molecule has 0 amide bonds. The van der Waals surface area contributed by atoms with Gasteiger partial charge in [0.1, 0.15) is 11.4 Å². The Kier molecular flexibility index (Phi) is 2.28. The van der Waals surface area contributed by atoms with Gasteiger partial charge in [-0.25, -0.2) is 9.50 Å². The standard InChI is InChI=1S/C12H9N7O2/c1-21-6-2-3-8-7(4-6)12(20)19-10(13-8)5-9(16-19)11-14-17-18-15-11/h2-5,16H,1H3,(H,14,15,17,18). The molecule has 0 radical (unpaired) electrons. The molecular formula is C12H9N7O2. The molecule has 0 aliphatic carbocycles. The van der Waals surface area contributed by atoms with Gasteiger partial charge in [-0.2, -0.15) is 5.21 Å². The van der Waals surface area contributed by atoms with E-state index in [1.807, 2.05) is 0 Å². The summed E-state index contributed by atoms with van der Waals surface area (Å²) in [5, 5.41) is 17.0. The number of tetrazole rings is 1. The first-order valence-corrected chi connectivity index (χ1v) is 6.09. The molecule has 3 heterocycles. The Labute approximate surface area is 116 Å². The SMILES string of the molecule is COc1ccc2nc3cc(-c4nn[nH]n4)[nH]n3c(=O)c2c1.